The van der Waals surface area contributed by atoms with E-state index in [4.69, 9.17) is 0 Å². The van der Waals surface area contributed by atoms with Gasteiger partial charge in [0.15, 0.2) is 5.69 Å². The number of H-pyrrole nitrogens is 1. The number of nitro groups is 1. The Bertz CT molecular complexity index is 674. The molecule has 112 valence electrons. The summed E-state index contributed by atoms with van der Waals surface area (Å²) < 4.78 is 1.78. The van der Waals surface area contributed by atoms with Crippen molar-refractivity contribution >= 4 is 11.7 Å². The van der Waals surface area contributed by atoms with E-state index in [0.717, 1.165) is 23.9 Å². The van der Waals surface area contributed by atoms with Gasteiger partial charge in [0.25, 0.3) is 5.91 Å². The zero-order chi connectivity index (χ0) is 15.6. The van der Waals surface area contributed by atoms with E-state index in [-0.39, 0.29) is 17.6 Å². The quantitative estimate of drug-likeness (QED) is 0.636. The summed E-state index contributed by atoms with van der Waals surface area (Å²) in [7, 11) is 0. The van der Waals surface area contributed by atoms with E-state index in [1.54, 1.807) is 4.68 Å². The molecule has 0 aromatic carbocycles. The van der Waals surface area contributed by atoms with Crippen molar-refractivity contribution in [3.63, 3.8) is 0 Å². The van der Waals surface area contributed by atoms with Crippen LogP contribution in [0.15, 0.2) is 12.3 Å². The molecule has 9 nitrogen and oxygen atoms in total. The number of aromatic amines is 1. The number of amides is 1. The van der Waals surface area contributed by atoms with Gasteiger partial charge in [-0.3, -0.25) is 9.48 Å². The van der Waals surface area contributed by atoms with E-state index in [1.807, 2.05) is 27.0 Å². The van der Waals surface area contributed by atoms with Crippen LogP contribution in [0.5, 0.6) is 0 Å². The van der Waals surface area contributed by atoms with Crippen molar-refractivity contribution in [3.05, 3.63) is 39.3 Å². The summed E-state index contributed by atoms with van der Waals surface area (Å²) in [6.45, 7) is 6.40. The summed E-state index contributed by atoms with van der Waals surface area (Å²) in [6, 6.07) is 0.832. The average molecular weight is 292 g/mol. The molecular weight excluding hydrogens is 276 g/mol. The van der Waals surface area contributed by atoms with Gasteiger partial charge < -0.3 is 15.4 Å². The number of hydrogen-bond acceptors (Lipinski definition) is 5. The van der Waals surface area contributed by atoms with E-state index in [1.165, 1.54) is 0 Å². The normalized spacial score (nSPS) is 12.1. The monoisotopic (exact) mass is 292 g/mol. The van der Waals surface area contributed by atoms with Gasteiger partial charge in [0.2, 0.25) is 0 Å². The maximum Gasteiger partial charge on any atom is 0.343 e. The number of aromatic nitrogens is 4. The second-order valence-corrected chi connectivity index (χ2v) is 4.62. The molecule has 2 heterocycles. The largest absolute Gasteiger partial charge is 0.358 e. The van der Waals surface area contributed by atoms with Crippen molar-refractivity contribution in [1.29, 1.82) is 0 Å². The molecule has 0 saturated carbocycles. The van der Waals surface area contributed by atoms with Crippen LogP contribution in [0.3, 0.4) is 0 Å². The number of aryl methyl sites for hydroxylation is 2. The molecule has 1 amide bonds. The fourth-order valence-corrected chi connectivity index (χ4v) is 1.99. The number of nitrogens with one attached hydrogen (secondary N) is 2. The molecule has 9 heteroatoms. The third-order valence-electron chi connectivity index (χ3n) is 3.12. The van der Waals surface area contributed by atoms with Crippen LogP contribution in [-0.2, 0) is 6.54 Å². The van der Waals surface area contributed by atoms with Crippen LogP contribution in [0.2, 0.25) is 0 Å². The minimum atomic E-state index is -0.636. The molecule has 2 aromatic rings. The zero-order valence-electron chi connectivity index (χ0n) is 12.0. The van der Waals surface area contributed by atoms with Crippen LogP contribution in [0.25, 0.3) is 0 Å². The maximum atomic E-state index is 12.0. The van der Waals surface area contributed by atoms with Gasteiger partial charge >= 0.3 is 5.82 Å². The van der Waals surface area contributed by atoms with Crippen molar-refractivity contribution in [2.24, 2.45) is 0 Å². The Kier molecular flexibility index (Phi) is 4.01. The molecule has 2 rings (SSSR count). The summed E-state index contributed by atoms with van der Waals surface area (Å²) >= 11 is 0. The van der Waals surface area contributed by atoms with Gasteiger partial charge in [-0.15, -0.1) is 5.10 Å². The first-order valence-corrected chi connectivity index (χ1v) is 6.47. The highest BCUT2D eigenvalue weighted by atomic mass is 16.6. The van der Waals surface area contributed by atoms with Gasteiger partial charge in [-0.25, -0.2) is 0 Å². The summed E-state index contributed by atoms with van der Waals surface area (Å²) in [5, 5.41) is 23.4. The highest BCUT2D eigenvalue weighted by Crippen LogP contribution is 2.17. The first-order valence-electron chi connectivity index (χ1n) is 6.47. The van der Waals surface area contributed by atoms with Crippen LogP contribution in [-0.4, -0.2) is 30.8 Å². The summed E-state index contributed by atoms with van der Waals surface area (Å²) in [5.74, 6) is -0.793. The predicted octanol–water partition coefficient (Wildman–Crippen LogP) is 1.33. The number of carbonyl (C=O) groups is 1. The van der Waals surface area contributed by atoms with Crippen molar-refractivity contribution in [2.75, 3.05) is 0 Å². The molecule has 0 aliphatic carbocycles. The van der Waals surface area contributed by atoms with E-state index >= 15 is 0 Å². The van der Waals surface area contributed by atoms with Crippen LogP contribution >= 0.6 is 0 Å². The lowest BCUT2D eigenvalue weighted by atomic mass is 10.1. The van der Waals surface area contributed by atoms with Crippen LogP contribution in [0.1, 0.15) is 41.6 Å². The molecular formula is C12H16N6O3. The molecule has 0 bridgehead atoms. The van der Waals surface area contributed by atoms with Gasteiger partial charge in [0.05, 0.1) is 17.8 Å². The number of hydrogen-bond donors (Lipinski definition) is 2. The molecule has 0 spiro atoms. The van der Waals surface area contributed by atoms with E-state index in [0.29, 0.717) is 0 Å². The number of carbonyl (C=O) groups excluding carboxylic acids is 1. The van der Waals surface area contributed by atoms with Gasteiger partial charge in [-0.1, -0.05) is 5.10 Å². The highest BCUT2D eigenvalue weighted by molar-refractivity contribution is 5.93. The first kappa shape index (κ1) is 14.7. The van der Waals surface area contributed by atoms with Crippen molar-refractivity contribution in [1.82, 2.24) is 25.3 Å². The lowest BCUT2D eigenvalue weighted by Gasteiger charge is -2.11. The first-order chi connectivity index (χ1) is 9.92. The molecule has 0 radical (unpaired) electrons. The Morgan fingerprint density at radius 3 is 2.86 bits per heavy atom. The smallest absolute Gasteiger partial charge is 0.343 e. The fraction of sp³-hybridized carbons (Fsp3) is 0.417. The van der Waals surface area contributed by atoms with Crippen molar-refractivity contribution in [3.8, 4) is 0 Å². The Balaban J connectivity index is 2.10. The lowest BCUT2D eigenvalue weighted by molar-refractivity contribution is -0.389. The topological polar surface area (TPSA) is 119 Å². The molecule has 2 N–H and O–H groups in total. The fourth-order valence-electron chi connectivity index (χ4n) is 1.99. The van der Waals surface area contributed by atoms with E-state index < -0.39 is 10.8 Å². The van der Waals surface area contributed by atoms with Crippen molar-refractivity contribution < 1.29 is 9.72 Å². The molecule has 0 saturated heterocycles. The summed E-state index contributed by atoms with van der Waals surface area (Å²) in [5.41, 5.74) is 1.71. The van der Waals surface area contributed by atoms with Crippen LogP contribution < -0.4 is 5.32 Å². The van der Waals surface area contributed by atoms with Crippen LogP contribution in [0, 0.1) is 17.0 Å². The average Bonchev–Trinajstić information content (AvgIpc) is 3.04. The molecule has 0 aliphatic rings. The second kappa shape index (κ2) is 5.73. The van der Waals surface area contributed by atoms with Gasteiger partial charge in [-0.05, 0) is 25.7 Å². The van der Waals surface area contributed by atoms with Gasteiger partial charge in [-0.2, -0.15) is 5.10 Å². The third-order valence-corrected chi connectivity index (χ3v) is 3.12. The van der Waals surface area contributed by atoms with E-state index in [2.05, 4.69) is 20.6 Å². The number of rotatable bonds is 5. The standard InChI is InChI=1S/C12H16N6O3/c1-4-17-6-9(8(3)16-17)7(2)13-12(19)10-5-11(15-14-10)18(20)21/h5-7H,4H2,1-3H3,(H,13,19)(H,14,15). The van der Waals surface area contributed by atoms with Crippen LogP contribution in [0.4, 0.5) is 5.82 Å². The number of nitrogens with zero attached hydrogens (tertiary/aromatic N) is 4. The molecule has 1 atom stereocenters. The molecule has 0 aliphatic heterocycles. The van der Waals surface area contributed by atoms with Gasteiger partial charge in [0, 0.05) is 18.3 Å². The minimum absolute atomic E-state index is 0.0194. The molecule has 1 unspecified atom stereocenters. The summed E-state index contributed by atoms with van der Waals surface area (Å²) in [6.07, 6.45) is 1.87. The Morgan fingerprint density at radius 1 is 1.62 bits per heavy atom. The Labute approximate surface area is 120 Å². The molecule has 0 fully saturated rings. The van der Waals surface area contributed by atoms with Crippen molar-refractivity contribution in [2.45, 2.75) is 33.4 Å². The minimum Gasteiger partial charge on any atom is -0.358 e. The third kappa shape index (κ3) is 3.07. The Morgan fingerprint density at radius 2 is 2.33 bits per heavy atom. The predicted molar refractivity (Wildman–Crippen MR) is 73.8 cm³/mol. The van der Waals surface area contributed by atoms with E-state index in [9.17, 15) is 14.9 Å². The highest BCUT2D eigenvalue weighted by Gasteiger charge is 2.20. The summed E-state index contributed by atoms with van der Waals surface area (Å²) in [4.78, 5) is 21.9. The SMILES string of the molecule is CCn1cc(C(C)NC(=O)c2cc([N+](=O)[O-])[nH]n2)c(C)n1. The zero-order valence-corrected chi connectivity index (χ0v) is 12.0. The second-order valence-electron chi connectivity index (χ2n) is 4.62. The molecule has 21 heavy (non-hydrogen) atoms. The Hall–Kier alpha value is -2.71. The maximum absolute atomic E-state index is 12.0. The van der Waals surface area contributed by atoms with Gasteiger partial charge in [0.1, 0.15) is 0 Å². The lowest BCUT2D eigenvalue weighted by Crippen LogP contribution is -2.27. The molecule has 2 aromatic heterocycles.